The van der Waals surface area contributed by atoms with Crippen molar-refractivity contribution in [1.29, 1.82) is 0 Å². The number of ketones is 1. The molecular weight excluding hydrogens is 378 g/mol. The summed E-state index contributed by atoms with van der Waals surface area (Å²) in [5, 5.41) is 2.49. The predicted octanol–water partition coefficient (Wildman–Crippen LogP) is 1.83. The van der Waals surface area contributed by atoms with Crippen molar-refractivity contribution in [2.45, 2.75) is 6.92 Å². The molecule has 9 nitrogen and oxygen atoms in total. The number of carbonyl (C=O) groups excluding carboxylic acids is 5. The molecule has 2 aromatic carbocycles. The fourth-order valence-corrected chi connectivity index (χ4v) is 2.84. The Morgan fingerprint density at radius 2 is 1.62 bits per heavy atom. The van der Waals surface area contributed by atoms with Crippen molar-refractivity contribution >= 4 is 40.9 Å². The van der Waals surface area contributed by atoms with Gasteiger partial charge in [-0.2, -0.15) is 0 Å². The summed E-state index contributed by atoms with van der Waals surface area (Å²) in [6.07, 6.45) is 0. The SMILES string of the molecule is COc1ccc(N2C(=O)C(=O)N(CC(=O)Nc3ccccc3C(C)=O)C2=O)cc1. The summed E-state index contributed by atoms with van der Waals surface area (Å²) in [5.74, 6) is -2.63. The summed E-state index contributed by atoms with van der Waals surface area (Å²) in [6.45, 7) is 0.687. The van der Waals surface area contributed by atoms with Crippen LogP contribution in [0.5, 0.6) is 5.75 Å². The highest BCUT2D eigenvalue weighted by Gasteiger charge is 2.46. The first-order valence-electron chi connectivity index (χ1n) is 8.57. The van der Waals surface area contributed by atoms with E-state index in [2.05, 4.69) is 5.32 Å². The third-order valence-corrected chi connectivity index (χ3v) is 4.27. The second-order valence-electron chi connectivity index (χ2n) is 6.16. The highest BCUT2D eigenvalue weighted by atomic mass is 16.5. The number of ether oxygens (including phenoxy) is 1. The molecule has 1 N–H and O–H groups in total. The van der Waals surface area contributed by atoms with E-state index in [-0.39, 0.29) is 22.7 Å². The number of carbonyl (C=O) groups is 5. The minimum atomic E-state index is -1.11. The topological polar surface area (TPSA) is 113 Å². The number of anilines is 2. The number of imide groups is 2. The summed E-state index contributed by atoms with van der Waals surface area (Å²) < 4.78 is 5.02. The number of nitrogens with zero attached hydrogens (tertiary/aromatic N) is 2. The third kappa shape index (κ3) is 3.84. The first-order valence-corrected chi connectivity index (χ1v) is 8.57. The Labute approximate surface area is 165 Å². The van der Waals surface area contributed by atoms with Gasteiger partial charge in [0.1, 0.15) is 12.3 Å². The van der Waals surface area contributed by atoms with E-state index in [0.29, 0.717) is 15.5 Å². The minimum Gasteiger partial charge on any atom is -0.497 e. The normalized spacial score (nSPS) is 13.7. The van der Waals surface area contributed by atoms with Gasteiger partial charge in [-0.25, -0.2) is 14.6 Å². The Kier molecular flexibility index (Phi) is 5.40. The summed E-state index contributed by atoms with van der Waals surface area (Å²) in [4.78, 5) is 62.4. The van der Waals surface area contributed by atoms with Crippen molar-refractivity contribution in [1.82, 2.24) is 4.90 Å². The largest absolute Gasteiger partial charge is 0.497 e. The molecule has 0 spiro atoms. The average molecular weight is 395 g/mol. The molecule has 0 aromatic heterocycles. The number of benzene rings is 2. The van der Waals surface area contributed by atoms with Gasteiger partial charge in [-0.1, -0.05) is 12.1 Å². The van der Waals surface area contributed by atoms with Crippen molar-refractivity contribution in [2.24, 2.45) is 0 Å². The van der Waals surface area contributed by atoms with E-state index in [9.17, 15) is 24.0 Å². The first-order chi connectivity index (χ1) is 13.8. The van der Waals surface area contributed by atoms with Gasteiger partial charge in [-0.05, 0) is 43.3 Å². The van der Waals surface area contributed by atoms with Crippen LogP contribution in [0.4, 0.5) is 16.2 Å². The van der Waals surface area contributed by atoms with E-state index in [1.54, 1.807) is 18.2 Å². The zero-order valence-corrected chi connectivity index (χ0v) is 15.7. The van der Waals surface area contributed by atoms with Crippen molar-refractivity contribution in [3.8, 4) is 5.75 Å². The second-order valence-corrected chi connectivity index (χ2v) is 6.16. The van der Waals surface area contributed by atoms with Gasteiger partial charge >= 0.3 is 17.8 Å². The fraction of sp³-hybridized carbons (Fsp3) is 0.150. The number of amides is 5. The van der Waals surface area contributed by atoms with Crippen LogP contribution in [0.1, 0.15) is 17.3 Å². The monoisotopic (exact) mass is 395 g/mol. The van der Waals surface area contributed by atoms with E-state index in [0.717, 1.165) is 0 Å². The molecule has 3 rings (SSSR count). The molecule has 1 heterocycles. The van der Waals surface area contributed by atoms with E-state index in [4.69, 9.17) is 4.74 Å². The molecule has 148 valence electrons. The van der Waals surface area contributed by atoms with Crippen molar-refractivity contribution in [3.63, 3.8) is 0 Å². The van der Waals surface area contributed by atoms with Crippen LogP contribution in [0.3, 0.4) is 0 Å². The highest BCUT2D eigenvalue weighted by Crippen LogP contribution is 2.24. The molecule has 1 aliphatic heterocycles. The van der Waals surface area contributed by atoms with Gasteiger partial charge in [0.2, 0.25) is 5.91 Å². The third-order valence-electron chi connectivity index (χ3n) is 4.27. The van der Waals surface area contributed by atoms with Gasteiger partial charge in [0.15, 0.2) is 5.78 Å². The van der Waals surface area contributed by atoms with Crippen LogP contribution in [0, 0.1) is 0 Å². The molecule has 29 heavy (non-hydrogen) atoms. The van der Waals surface area contributed by atoms with Gasteiger partial charge in [0.05, 0.1) is 18.5 Å². The van der Waals surface area contributed by atoms with E-state index >= 15 is 0 Å². The Balaban J connectivity index is 1.76. The number of para-hydroxylation sites is 1. The molecule has 0 bridgehead atoms. The number of hydrogen-bond donors (Lipinski definition) is 1. The van der Waals surface area contributed by atoms with Crippen molar-refractivity contribution in [2.75, 3.05) is 23.9 Å². The number of methoxy groups -OCH3 is 1. The molecular formula is C20H17N3O6. The summed E-state index contributed by atoms with van der Waals surface area (Å²) in [5.41, 5.74) is 0.720. The molecule has 0 unspecified atom stereocenters. The maximum Gasteiger partial charge on any atom is 0.339 e. The first kappa shape index (κ1) is 19.7. The molecule has 5 amide bonds. The van der Waals surface area contributed by atoms with Gasteiger partial charge in [-0.15, -0.1) is 0 Å². The van der Waals surface area contributed by atoms with E-state index in [1.165, 1.54) is 44.4 Å². The molecule has 1 fully saturated rings. The molecule has 1 aliphatic rings. The molecule has 0 radical (unpaired) electrons. The molecule has 0 atom stereocenters. The maximum atomic E-state index is 12.6. The van der Waals surface area contributed by atoms with E-state index in [1.807, 2.05) is 0 Å². The van der Waals surface area contributed by atoms with Gasteiger partial charge in [0.25, 0.3) is 0 Å². The van der Waals surface area contributed by atoms with Gasteiger partial charge in [-0.3, -0.25) is 19.2 Å². The lowest BCUT2D eigenvalue weighted by Gasteiger charge is -2.16. The standard InChI is InChI=1S/C20H17N3O6/c1-12(24)15-5-3-4-6-16(15)21-17(25)11-22-18(26)19(27)23(20(22)28)13-7-9-14(29-2)10-8-13/h3-10H,11H2,1-2H3,(H,21,25). The lowest BCUT2D eigenvalue weighted by Crippen LogP contribution is -2.39. The van der Waals surface area contributed by atoms with Crippen molar-refractivity contribution < 1.29 is 28.7 Å². The maximum absolute atomic E-state index is 12.6. The summed E-state index contributed by atoms with van der Waals surface area (Å²) in [7, 11) is 1.47. The number of rotatable bonds is 6. The Morgan fingerprint density at radius 1 is 0.966 bits per heavy atom. The van der Waals surface area contributed by atoms with Crippen LogP contribution in [0.2, 0.25) is 0 Å². The zero-order chi connectivity index (χ0) is 21.1. The van der Waals surface area contributed by atoms with Crippen LogP contribution in [0.15, 0.2) is 48.5 Å². The van der Waals surface area contributed by atoms with Crippen LogP contribution in [-0.4, -0.2) is 48.1 Å². The van der Waals surface area contributed by atoms with Gasteiger partial charge in [0, 0.05) is 5.56 Å². The number of hydrogen-bond acceptors (Lipinski definition) is 6. The molecule has 9 heteroatoms. The quantitative estimate of drug-likeness (QED) is 0.454. The summed E-state index contributed by atoms with van der Waals surface area (Å²) >= 11 is 0. The fourth-order valence-electron chi connectivity index (χ4n) is 2.84. The molecule has 0 saturated carbocycles. The van der Waals surface area contributed by atoms with E-state index < -0.39 is 30.3 Å². The van der Waals surface area contributed by atoms with Crippen LogP contribution >= 0.6 is 0 Å². The Bertz CT molecular complexity index is 1020. The van der Waals surface area contributed by atoms with Crippen LogP contribution in [-0.2, 0) is 14.4 Å². The van der Waals surface area contributed by atoms with Crippen LogP contribution < -0.4 is 15.0 Å². The number of urea groups is 1. The molecule has 2 aromatic rings. The highest BCUT2D eigenvalue weighted by molar-refractivity contribution is 6.53. The van der Waals surface area contributed by atoms with Crippen LogP contribution in [0.25, 0.3) is 0 Å². The van der Waals surface area contributed by atoms with Crippen molar-refractivity contribution in [3.05, 3.63) is 54.1 Å². The lowest BCUT2D eigenvalue weighted by atomic mass is 10.1. The molecule has 1 saturated heterocycles. The number of nitrogens with one attached hydrogen (secondary N) is 1. The summed E-state index contributed by atoms with van der Waals surface area (Å²) in [6, 6.07) is 11.4. The average Bonchev–Trinajstić information content (AvgIpc) is 2.91. The predicted molar refractivity (Wildman–Crippen MR) is 103 cm³/mol. The Morgan fingerprint density at radius 3 is 2.24 bits per heavy atom. The minimum absolute atomic E-state index is 0.180. The second kappa shape index (κ2) is 7.93. The Hall–Kier alpha value is -4.01. The van der Waals surface area contributed by atoms with Gasteiger partial charge < -0.3 is 10.1 Å². The molecule has 0 aliphatic carbocycles. The lowest BCUT2D eigenvalue weighted by molar-refractivity contribution is -0.140. The number of Topliss-reactive ketones (excluding diaryl/α,β-unsaturated/α-hetero) is 1. The zero-order valence-electron chi connectivity index (χ0n) is 15.7. The smallest absolute Gasteiger partial charge is 0.339 e.